The molecule has 174 valence electrons. The molecule has 0 atom stereocenters. The Morgan fingerprint density at radius 2 is 0.897 bits per heavy atom. The van der Waals surface area contributed by atoms with Crippen molar-refractivity contribution >= 4 is 16.4 Å². The summed E-state index contributed by atoms with van der Waals surface area (Å²) in [4.78, 5) is 10.3. The van der Waals surface area contributed by atoms with Gasteiger partial charge in [-0.2, -0.15) is 8.42 Å². The number of rotatable bonds is 16. The van der Waals surface area contributed by atoms with E-state index in [4.69, 9.17) is 27.7 Å². The second-order valence-corrected chi connectivity index (χ2v) is 7.75. The molecule has 0 bridgehead atoms. The van der Waals surface area contributed by atoms with Crippen molar-refractivity contribution in [3.8, 4) is 0 Å². The number of hydrogen-bond acceptors (Lipinski definition) is 4. The minimum atomic E-state index is -4.67. The van der Waals surface area contributed by atoms with Gasteiger partial charge in [-0.15, -0.1) is 0 Å². The monoisotopic (exact) mass is 452 g/mol. The van der Waals surface area contributed by atoms with Crippen LogP contribution in [0.15, 0.2) is 0 Å². The van der Waals surface area contributed by atoms with Gasteiger partial charge in [0.1, 0.15) is 0 Å². The maximum atomic E-state index is 10.3. The van der Waals surface area contributed by atoms with Crippen molar-refractivity contribution in [2.75, 3.05) is 6.61 Å². The number of carboxylic acids is 1. The van der Waals surface area contributed by atoms with Crippen LogP contribution in [-0.4, -0.2) is 40.3 Å². The minimum Gasteiger partial charge on any atom is -1.00 e. The van der Waals surface area contributed by atoms with Crippen LogP contribution in [0.1, 0.15) is 118 Å². The molecule has 0 saturated carbocycles. The summed E-state index contributed by atoms with van der Waals surface area (Å²) in [5.74, 6) is -0.653. The Labute approximate surface area is 202 Å². The number of aliphatic carboxylic acids is 1. The molecule has 7 nitrogen and oxygen atoms in total. The molecule has 0 fully saturated rings. The van der Waals surface area contributed by atoms with Gasteiger partial charge in [-0.1, -0.05) is 96.8 Å². The molecule has 0 aromatic rings. The summed E-state index contributed by atoms with van der Waals surface area (Å²) in [6.45, 7) is 4.20. The van der Waals surface area contributed by atoms with Crippen molar-refractivity contribution in [1.82, 2.24) is 0 Å². The average molecular weight is 453 g/mol. The molecule has 0 saturated heterocycles. The maximum absolute atomic E-state index is 10.3. The topological polar surface area (TPSA) is 132 Å². The fourth-order valence-corrected chi connectivity index (χ4v) is 2.65. The normalized spacial score (nSPS) is 10.1. The van der Waals surface area contributed by atoms with Crippen molar-refractivity contribution in [2.45, 2.75) is 117 Å². The van der Waals surface area contributed by atoms with Gasteiger partial charge in [0, 0.05) is 13.0 Å². The molecule has 0 rings (SSSR count). The standard InChI is InChI=1S/C18H36O2.C2H6O.Na.H2O4S.H/c1-2-3-4-5-6-7-8-9-10-11-12-13-14-15-16-17-18(19)20;1-2-3;;1-5(2,3)4;/h2-17H2,1H3,(H,19,20);3H,2H2,1H3;;(H2,1,2,3,4);/q;;+1;;-1. The third kappa shape index (κ3) is 65.4. The van der Waals surface area contributed by atoms with E-state index in [0.717, 1.165) is 12.8 Å². The van der Waals surface area contributed by atoms with E-state index in [2.05, 4.69) is 6.92 Å². The van der Waals surface area contributed by atoms with Gasteiger partial charge in [0.15, 0.2) is 0 Å². The Hall–Kier alpha value is 0.300. The quantitative estimate of drug-likeness (QED) is 0.161. The zero-order valence-corrected chi connectivity index (χ0v) is 21.8. The third-order valence-corrected chi connectivity index (χ3v) is 3.99. The van der Waals surface area contributed by atoms with Gasteiger partial charge in [0.05, 0.1) is 0 Å². The van der Waals surface area contributed by atoms with Crippen LogP contribution in [0, 0.1) is 0 Å². The molecule has 0 aliphatic rings. The van der Waals surface area contributed by atoms with E-state index in [1.54, 1.807) is 6.92 Å². The van der Waals surface area contributed by atoms with Crippen LogP contribution in [0.5, 0.6) is 0 Å². The molecule has 4 N–H and O–H groups in total. The van der Waals surface area contributed by atoms with E-state index < -0.39 is 16.4 Å². The maximum Gasteiger partial charge on any atom is 1.00 e. The molecule has 0 radical (unpaired) electrons. The summed E-state index contributed by atoms with van der Waals surface area (Å²) in [6.07, 6.45) is 20.2. The smallest absolute Gasteiger partial charge is 1.00 e. The first kappa shape index (κ1) is 36.7. The molecule has 0 aliphatic heterocycles. The van der Waals surface area contributed by atoms with Crippen LogP contribution in [0.4, 0.5) is 0 Å². The number of hydrogen-bond donors (Lipinski definition) is 4. The van der Waals surface area contributed by atoms with Crippen LogP contribution >= 0.6 is 0 Å². The number of aliphatic hydroxyl groups excluding tert-OH is 1. The average Bonchev–Trinajstić information content (AvgIpc) is 2.57. The second-order valence-electron chi connectivity index (χ2n) is 6.86. The Kier molecular flexibility index (Phi) is 38.5. The zero-order chi connectivity index (χ0) is 22.1. The van der Waals surface area contributed by atoms with Gasteiger partial charge in [0.25, 0.3) is 0 Å². The SMILES string of the molecule is CCCCCCCCCCCCCCCCCC(=O)O.CCO.O=S(=O)(O)O.[H-].[Na+]. The van der Waals surface area contributed by atoms with Crippen LogP contribution in [0.2, 0.25) is 0 Å². The molecule has 0 amide bonds. The second kappa shape index (κ2) is 30.5. The van der Waals surface area contributed by atoms with Crippen molar-refractivity contribution in [3.63, 3.8) is 0 Å². The number of unbranched alkanes of at least 4 members (excludes halogenated alkanes) is 14. The molecular weight excluding hydrogens is 407 g/mol. The van der Waals surface area contributed by atoms with Gasteiger partial charge in [-0.3, -0.25) is 13.9 Å². The van der Waals surface area contributed by atoms with E-state index in [-0.39, 0.29) is 37.6 Å². The summed E-state index contributed by atoms with van der Waals surface area (Å²) in [5.41, 5.74) is 0. The summed E-state index contributed by atoms with van der Waals surface area (Å²) >= 11 is 0. The van der Waals surface area contributed by atoms with Crippen LogP contribution < -0.4 is 29.6 Å². The van der Waals surface area contributed by atoms with Gasteiger partial charge >= 0.3 is 45.9 Å². The number of aliphatic hydroxyl groups is 1. The minimum absolute atomic E-state index is 0. The molecule has 29 heavy (non-hydrogen) atoms. The Morgan fingerprint density at radius 3 is 1.10 bits per heavy atom. The predicted molar refractivity (Wildman–Crippen MR) is 115 cm³/mol. The zero-order valence-electron chi connectivity index (χ0n) is 19.9. The molecule has 0 aliphatic carbocycles. The predicted octanol–water partition coefficient (Wildman–Crippen LogP) is 2.79. The largest absolute Gasteiger partial charge is 1.00 e. The molecule has 0 unspecified atom stereocenters. The first-order chi connectivity index (χ1) is 13.2. The van der Waals surface area contributed by atoms with E-state index in [0.29, 0.717) is 6.42 Å². The Balaban J connectivity index is -0.000000178. The third-order valence-electron chi connectivity index (χ3n) is 3.99. The van der Waals surface area contributed by atoms with E-state index in [1.165, 1.54) is 83.5 Å². The van der Waals surface area contributed by atoms with Crippen molar-refractivity contribution in [3.05, 3.63) is 0 Å². The van der Waals surface area contributed by atoms with Crippen LogP contribution in [0.25, 0.3) is 0 Å². The van der Waals surface area contributed by atoms with Gasteiger partial charge in [-0.05, 0) is 13.3 Å². The molecule has 0 aromatic heterocycles. The summed E-state index contributed by atoms with van der Waals surface area (Å²) in [7, 11) is -4.67. The van der Waals surface area contributed by atoms with E-state index in [9.17, 15) is 4.79 Å². The van der Waals surface area contributed by atoms with Gasteiger partial charge in [-0.25, -0.2) is 0 Å². The summed E-state index contributed by atoms with van der Waals surface area (Å²) in [6, 6.07) is 0. The number of carboxylic acid groups (broad SMARTS) is 1. The summed E-state index contributed by atoms with van der Waals surface area (Å²) < 4.78 is 31.6. The Bertz CT molecular complexity index is 402. The summed E-state index contributed by atoms with van der Waals surface area (Å²) in [5, 5.41) is 16.1. The molecule has 0 spiro atoms. The first-order valence-corrected chi connectivity index (χ1v) is 12.1. The van der Waals surface area contributed by atoms with Gasteiger partial charge in [0.2, 0.25) is 0 Å². The van der Waals surface area contributed by atoms with Crippen molar-refractivity contribution < 1.29 is 63.5 Å². The van der Waals surface area contributed by atoms with Crippen LogP contribution in [-0.2, 0) is 15.2 Å². The van der Waals surface area contributed by atoms with E-state index in [1.807, 2.05) is 0 Å². The van der Waals surface area contributed by atoms with Gasteiger partial charge < -0.3 is 11.6 Å². The Morgan fingerprint density at radius 1 is 0.690 bits per heavy atom. The number of carbonyl (C=O) groups is 1. The molecular formula is C20H45NaO7S. The molecule has 0 heterocycles. The van der Waals surface area contributed by atoms with Crippen molar-refractivity contribution in [2.24, 2.45) is 0 Å². The molecule has 0 aromatic carbocycles. The first-order valence-electron chi connectivity index (χ1n) is 10.7. The fraction of sp³-hybridized carbons (Fsp3) is 0.950. The van der Waals surface area contributed by atoms with E-state index >= 15 is 0 Å². The fourth-order valence-electron chi connectivity index (χ4n) is 2.65. The van der Waals surface area contributed by atoms with Crippen molar-refractivity contribution in [1.29, 1.82) is 0 Å². The molecule has 9 heteroatoms. The van der Waals surface area contributed by atoms with Crippen LogP contribution in [0.3, 0.4) is 0 Å².